The van der Waals surface area contributed by atoms with Crippen molar-refractivity contribution in [3.05, 3.63) is 11.6 Å². The molecule has 17 heavy (non-hydrogen) atoms. The van der Waals surface area contributed by atoms with Crippen LogP contribution < -0.4 is 10.6 Å². The Bertz CT molecular complexity index is 406. The van der Waals surface area contributed by atoms with Crippen LogP contribution in [0, 0.1) is 0 Å². The molecule has 0 spiro atoms. The van der Waals surface area contributed by atoms with Gasteiger partial charge in [-0.3, -0.25) is 9.89 Å². The minimum Gasteiger partial charge on any atom is -0.343 e. The topological polar surface area (TPSA) is 82.7 Å². The number of amides is 1. The van der Waals surface area contributed by atoms with E-state index in [1.165, 1.54) is 0 Å². The molecule has 3 N–H and O–H groups in total. The molecule has 0 radical (unpaired) electrons. The standard InChI is InChI=1S/C11H19N5O/c1-7(2)8-13-9(16-15-8)10(17)14-11(3)4-5-12-6-11/h7,12H,4-6H2,1-3H3,(H,14,17)(H,13,15,16). The van der Waals surface area contributed by atoms with Gasteiger partial charge in [-0.05, 0) is 19.9 Å². The summed E-state index contributed by atoms with van der Waals surface area (Å²) >= 11 is 0. The van der Waals surface area contributed by atoms with Crippen LogP contribution in [0.15, 0.2) is 0 Å². The van der Waals surface area contributed by atoms with Crippen LogP contribution in [0.1, 0.15) is 49.6 Å². The number of nitrogens with zero attached hydrogens (tertiary/aromatic N) is 2. The summed E-state index contributed by atoms with van der Waals surface area (Å²) in [7, 11) is 0. The molecule has 1 aromatic heterocycles. The molecule has 0 aromatic carbocycles. The lowest BCUT2D eigenvalue weighted by Crippen LogP contribution is -2.47. The molecule has 1 aromatic rings. The molecular weight excluding hydrogens is 218 g/mol. The summed E-state index contributed by atoms with van der Waals surface area (Å²) in [4.78, 5) is 16.1. The predicted octanol–water partition coefficient (Wildman–Crippen LogP) is 0.410. The highest BCUT2D eigenvalue weighted by atomic mass is 16.2. The SMILES string of the molecule is CC(C)c1nc(C(=O)NC2(C)CCNC2)n[nH]1. The fraction of sp³-hybridized carbons (Fsp3) is 0.727. The second-order valence-electron chi connectivity index (χ2n) is 5.14. The number of carbonyl (C=O) groups is 1. The number of aromatic nitrogens is 3. The smallest absolute Gasteiger partial charge is 0.291 e. The number of rotatable bonds is 3. The van der Waals surface area contributed by atoms with E-state index in [4.69, 9.17) is 0 Å². The zero-order valence-corrected chi connectivity index (χ0v) is 10.5. The first-order chi connectivity index (χ1) is 8.00. The third-order valence-electron chi connectivity index (χ3n) is 3.04. The van der Waals surface area contributed by atoms with Gasteiger partial charge in [0.15, 0.2) is 0 Å². The monoisotopic (exact) mass is 237 g/mol. The van der Waals surface area contributed by atoms with Crippen molar-refractivity contribution in [2.45, 2.75) is 38.6 Å². The summed E-state index contributed by atoms with van der Waals surface area (Å²) in [5.74, 6) is 0.999. The molecule has 1 aliphatic heterocycles. The van der Waals surface area contributed by atoms with Gasteiger partial charge in [-0.2, -0.15) is 0 Å². The summed E-state index contributed by atoms with van der Waals surface area (Å²) in [5.41, 5.74) is -0.185. The molecule has 1 saturated heterocycles. The molecule has 1 fully saturated rings. The van der Waals surface area contributed by atoms with Gasteiger partial charge in [0.05, 0.1) is 5.54 Å². The Morgan fingerprint density at radius 1 is 1.53 bits per heavy atom. The van der Waals surface area contributed by atoms with Crippen molar-refractivity contribution < 1.29 is 4.79 Å². The zero-order valence-electron chi connectivity index (χ0n) is 10.5. The van der Waals surface area contributed by atoms with Crippen molar-refractivity contribution in [3.63, 3.8) is 0 Å². The first-order valence-electron chi connectivity index (χ1n) is 5.96. The Morgan fingerprint density at radius 3 is 2.82 bits per heavy atom. The molecular formula is C11H19N5O. The van der Waals surface area contributed by atoms with Crippen molar-refractivity contribution in [1.82, 2.24) is 25.8 Å². The van der Waals surface area contributed by atoms with Crippen LogP contribution in [0.5, 0.6) is 0 Å². The number of nitrogens with one attached hydrogen (secondary N) is 3. The average molecular weight is 237 g/mol. The van der Waals surface area contributed by atoms with Crippen molar-refractivity contribution >= 4 is 5.91 Å². The summed E-state index contributed by atoms with van der Waals surface area (Å²) in [5, 5.41) is 12.9. The molecule has 1 atom stereocenters. The minimum atomic E-state index is -0.209. The third kappa shape index (κ3) is 2.63. The Kier molecular flexibility index (Phi) is 3.15. The fourth-order valence-corrected chi connectivity index (χ4v) is 1.89. The maximum absolute atomic E-state index is 12.0. The van der Waals surface area contributed by atoms with Gasteiger partial charge in [0, 0.05) is 12.5 Å². The number of hydrogen-bond donors (Lipinski definition) is 3. The molecule has 1 aliphatic rings. The summed E-state index contributed by atoms with van der Waals surface area (Å²) in [6, 6.07) is 0. The highest BCUT2D eigenvalue weighted by molar-refractivity contribution is 5.90. The van der Waals surface area contributed by atoms with E-state index in [2.05, 4.69) is 25.8 Å². The molecule has 6 heteroatoms. The Hall–Kier alpha value is -1.43. The molecule has 1 unspecified atom stereocenters. The summed E-state index contributed by atoms with van der Waals surface area (Å²) in [6.45, 7) is 7.76. The van der Waals surface area contributed by atoms with Crippen molar-refractivity contribution in [3.8, 4) is 0 Å². The van der Waals surface area contributed by atoms with Gasteiger partial charge >= 0.3 is 0 Å². The molecule has 6 nitrogen and oxygen atoms in total. The maximum atomic E-state index is 12.0. The van der Waals surface area contributed by atoms with E-state index in [9.17, 15) is 4.79 Å². The van der Waals surface area contributed by atoms with E-state index in [0.29, 0.717) is 0 Å². The minimum absolute atomic E-state index is 0.185. The van der Waals surface area contributed by atoms with Gasteiger partial charge in [-0.25, -0.2) is 4.98 Å². The van der Waals surface area contributed by atoms with Gasteiger partial charge in [0.25, 0.3) is 5.91 Å². The van der Waals surface area contributed by atoms with Crippen LogP contribution >= 0.6 is 0 Å². The van der Waals surface area contributed by atoms with Gasteiger partial charge in [-0.1, -0.05) is 13.8 Å². The Labute approximate surface area is 101 Å². The molecule has 0 bridgehead atoms. The van der Waals surface area contributed by atoms with Crippen LogP contribution in [0.2, 0.25) is 0 Å². The van der Waals surface area contributed by atoms with Crippen molar-refractivity contribution in [1.29, 1.82) is 0 Å². The van der Waals surface area contributed by atoms with Gasteiger partial charge in [-0.15, -0.1) is 5.10 Å². The van der Waals surface area contributed by atoms with E-state index < -0.39 is 0 Å². The molecule has 94 valence electrons. The Balaban J connectivity index is 2.04. The number of carbonyl (C=O) groups excluding carboxylic acids is 1. The molecule has 2 rings (SSSR count). The lowest BCUT2D eigenvalue weighted by molar-refractivity contribution is 0.0902. The molecule has 2 heterocycles. The van der Waals surface area contributed by atoms with Crippen molar-refractivity contribution in [2.75, 3.05) is 13.1 Å². The zero-order chi connectivity index (χ0) is 12.5. The van der Waals surface area contributed by atoms with Gasteiger partial charge in [0.1, 0.15) is 5.82 Å². The lowest BCUT2D eigenvalue weighted by Gasteiger charge is -2.23. The van der Waals surface area contributed by atoms with E-state index in [1.54, 1.807) is 0 Å². The van der Waals surface area contributed by atoms with Crippen LogP contribution in [0.3, 0.4) is 0 Å². The second-order valence-corrected chi connectivity index (χ2v) is 5.14. The van der Waals surface area contributed by atoms with Crippen LogP contribution in [0.4, 0.5) is 0 Å². The van der Waals surface area contributed by atoms with E-state index in [1.807, 2.05) is 20.8 Å². The van der Waals surface area contributed by atoms with Crippen LogP contribution in [-0.2, 0) is 0 Å². The first-order valence-corrected chi connectivity index (χ1v) is 5.96. The number of H-pyrrole nitrogens is 1. The second kappa shape index (κ2) is 4.44. The summed E-state index contributed by atoms with van der Waals surface area (Å²) < 4.78 is 0. The maximum Gasteiger partial charge on any atom is 0.291 e. The number of aromatic amines is 1. The molecule has 0 saturated carbocycles. The largest absolute Gasteiger partial charge is 0.343 e. The lowest BCUT2D eigenvalue weighted by atomic mass is 10.0. The van der Waals surface area contributed by atoms with E-state index >= 15 is 0 Å². The van der Waals surface area contributed by atoms with Crippen molar-refractivity contribution in [2.24, 2.45) is 0 Å². The highest BCUT2D eigenvalue weighted by Gasteiger charge is 2.31. The van der Waals surface area contributed by atoms with Gasteiger partial charge in [0.2, 0.25) is 5.82 Å². The number of hydrogen-bond acceptors (Lipinski definition) is 4. The quantitative estimate of drug-likeness (QED) is 0.711. The predicted molar refractivity (Wildman–Crippen MR) is 63.8 cm³/mol. The Morgan fingerprint density at radius 2 is 2.29 bits per heavy atom. The van der Waals surface area contributed by atoms with Gasteiger partial charge < -0.3 is 10.6 Å². The third-order valence-corrected chi connectivity index (χ3v) is 3.04. The molecule has 1 amide bonds. The van der Waals surface area contributed by atoms with E-state index in [0.717, 1.165) is 25.3 Å². The van der Waals surface area contributed by atoms with Crippen LogP contribution in [-0.4, -0.2) is 39.7 Å². The average Bonchev–Trinajstić information content (AvgIpc) is 2.86. The highest BCUT2D eigenvalue weighted by Crippen LogP contribution is 2.14. The fourth-order valence-electron chi connectivity index (χ4n) is 1.89. The van der Waals surface area contributed by atoms with Crippen LogP contribution in [0.25, 0.3) is 0 Å². The van der Waals surface area contributed by atoms with E-state index in [-0.39, 0.29) is 23.2 Å². The normalized spacial score (nSPS) is 24.2. The summed E-state index contributed by atoms with van der Waals surface area (Å²) in [6.07, 6.45) is 0.931. The molecule has 0 aliphatic carbocycles. The first kappa shape index (κ1) is 12.0.